The second-order valence-electron chi connectivity index (χ2n) is 2.82. The molecule has 1 saturated heterocycles. The van der Waals surface area contributed by atoms with Gasteiger partial charge >= 0.3 is 17.1 Å². The van der Waals surface area contributed by atoms with Crippen molar-refractivity contribution in [2.24, 2.45) is 0 Å². The van der Waals surface area contributed by atoms with Gasteiger partial charge < -0.3 is 30.3 Å². The van der Waals surface area contributed by atoms with Crippen LogP contribution in [0.1, 0.15) is 0 Å². The molecule has 1 heterocycles. The van der Waals surface area contributed by atoms with Crippen molar-refractivity contribution >= 4 is 0 Å². The van der Waals surface area contributed by atoms with Crippen LogP contribution in [0, 0.1) is 0 Å². The van der Waals surface area contributed by atoms with E-state index in [1.54, 1.807) is 0 Å². The number of ether oxygens (including phenoxy) is 1. The molecule has 6 nitrogen and oxygen atoms in total. The quantitative estimate of drug-likeness (QED) is 0.306. The summed E-state index contributed by atoms with van der Waals surface area (Å²) < 4.78 is 4.56. The summed E-state index contributed by atoms with van der Waals surface area (Å²) >= 11 is 0. The van der Waals surface area contributed by atoms with Crippen LogP contribution in [0.4, 0.5) is 0 Å². The normalized spacial score (nSPS) is 45.5. The first-order chi connectivity index (χ1) is 5.51. The van der Waals surface area contributed by atoms with E-state index in [0.29, 0.717) is 0 Å². The van der Waals surface area contributed by atoms with E-state index >= 15 is 0 Å². The van der Waals surface area contributed by atoms with E-state index in [9.17, 15) is 5.11 Å². The number of hydrogen-bond donors (Lipinski definition) is 5. The van der Waals surface area contributed by atoms with Crippen molar-refractivity contribution in [2.45, 2.75) is 24.1 Å². The Balaban J connectivity index is 0.00000144. The molecule has 0 saturated carbocycles. The van der Waals surface area contributed by atoms with E-state index in [0.717, 1.165) is 0 Å². The van der Waals surface area contributed by atoms with E-state index in [-0.39, 0.29) is 23.7 Å². The first-order valence-electron chi connectivity index (χ1n) is 3.52. The third-order valence-electron chi connectivity index (χ3n) is 1.91. The molecule has 0 aromatic carbocycles. The van der Waals surface area contributed by atoms with Crippen LogP contribution in [0.5, 0.6) is 0 Å². The number of aliphatic hydroxyl groups excluding tert-OH is 4. The first kappa shape index (κ1) is 13.3. The van der Waals surface area contributed by atoms with Crippen LogP contribution in [0.2, 0.25) is 0 Å². The molecule has 0 bridgehead atoms. The maximum Gasteiger partial charge on any atom is 3.00 e. The Labute approximate surface area is 85.2 Å². The molecular formula is C6H12FeO6+3. The predicted molar refractivity (Wildman–Crippen MR) is 36.0 cm³/mol. The van der Waals surface area contributed by atoms with E-state index < -0.39 is 30.7 Å². The van der Waals surface area contributed by atoms with Gasteiger partial charge in [0.15, 0.2) is 0 Å². The molecule has 0 aromatic heterocycles. The van der Waals surface area contributed by atoms with Crippen LogP contribution in [0.25, 0.3) is 0 Å². The molecule has 1 radical (unpaired) electrons. The van der Waals surface area contributed by atoms with Crippen LogP contribution in [-0.2, 0) is 21.8 Å². The van der Waals surface area contributed by atoms with Crippen molar-refractivity contribution in [3.05, 3.63) is 0 Å². The smallest absolute Gasteiger partial charge is 0.391 e. The van der Waals surface area contributed by atoms with E-state index in [2.05, 4.69) is 4.74 Å². The van der Waals surface area contributed by atoms with Gasteiger partial charge in [0.2, 0.25) is 5.79 Å². The Morgan fingerprint density at radius 2 is 1.85 bits per heavy atom. The molecule has 77 valence electrons. The Bertz CT molecular complexity index is 167. The molecule has 0 amide bonds. The van der Waals surface area contributed by atoms with Crippen molar-refractivity contribution in [2.75, 3.05) is 13.2 Å². The molecule has 1 rings (SSSR count). The maximum absolute atomic E-state index is 9.24. The van der Waals surface area contributed by atoms with Gasteiger partial charge in [-0.1, -0.05) is 0 Å². The summed E-state index contributed by atoms with van der Waals surface area (Å²) in [5.41, 5.74) is 0. The topological polar surface area (TPSA) is 110 Å². The van der Waals surface area contributed by atoms with Gasteiger partial charge in [-0.2, -0.15) is 0 Å². The van der Waals surface area contributed by atoms with Crippen LogP contribution in [0.3, 0.4) is 0 Å². The fraction of sp³-hybridized carbons (Fsp3) is 1.00. The minimum Gasteiger partial charge on any atom is -0.391 e. The predicted octanol–water partition coefficient (Wildman–Crippen LogP) is -3.22. The SMILES string of the molecule is OC[C@]1(O)OC[C@@H](O)[C@@H](O)[C@@H]1O.[Fe+3]. The molecule has 0 spiro atoms. The zero-order valence-electron chi connectivity index (χ0n) is 6.64. The summed E-state index contributed by atoms with van der Waals surface area (Å²) in [6.07, 6.45) is -4.45. The Morgan fingerprint density at radius 3 is 2.31 bits per heavy atom. The van der Waals surface area contributed by atoms with Crippen molar-refractivity contribution in [1.82, 2.24) is 0 Å². The number of rotatable bonds is 1. The fourth-order valence-corrected chi connectivity index (χ4v) is 1.03. The molecule has 13 heavy (non-hydrogen) atoms. The van der Waals surface area contributed by atoms with Crippen molar-refractivity contribution in [1.29, 1.82) is 0 Å². The number of hydrogen-bond acceptors (Lipinski definition) is 6. The Kier molecular flexibility index (Phi) is 4.78. The van der Waals surface area contributed by atoms with Crippen molar-refractivity contribution in [3.8, 4) is 0 Å². The summed E-state index contributed by atoms with van der Waals surface area (Å²) in [5, 5.41) is 45.0. The average molecular weight is 236 g/mol. The molecule has 0 aliphatic carbocycles. The third kappa shape index (κ3) is 2.39. The van der Waals surface area contributed by atoms with Gasteiger partial charge in [-0.25, -0.2) is 0 Å². The molecular weight excluding hydrogens is 224 g/mol. The van der Waals surface area contributed by atoms with E-state index in [1.165, 1.54) is 0 Å². The van der Waals surface area contributed by atoms with Crippen LogP contribution in [0.15, 0.2) is 0 Å². The summed E-state index contributed by atoms with van der Waals surface area (Å²) in [5.74, 6) is -2.17. The van der Waals surface area contributed by atoms with Gasteiger partial charge in [-0.15, -0.1) is 0 Å². The zero-order chi connectivity index (χ0) is 9.35. The first-order valence-corrected chi connectivity index (χ1v) is 3.52. The van der Waals surface area contributed by atoms with Crippen LogP contribution in [-0.4, -0.2) is 62.8 Å². The van der Waals surface area contributed by atoms with Crippen LogP contribution >= 0.6 is 0 Å². The summed E-state index contributed by atoms with van der Waals surface area (Å²) in [6, 6.07) is 0. The second kappa shape index (κ2) is 4.68. The largest absolute Gasteiger partial charge is 3.00 e. The standard InChI is InChI=1S/C6H12O6.Fe/c7-2-6(11)5(10)4(9)3(8)1-12-6;/h3-5,7-11H,1-2H2;/q;+3/t3-,4-,5+,6+;/m1./s1. The van der Waals surface area contributed by atoms with E-state index in [4.69, 9.17) is 20.4 Å². The molecule has 4 atom stereocenters. The second-order valence-corrected chi connectivity index (χ2v) is 2.82. The molecule has 7 heteroatoms. The maximum atomic E-state index is 9.24. The van der Waals surface area contributed by atoms with Gasteiger partial charge in [-0.05, 0) is 0 Å². The fourth-order valence-electron chi connectivity index (χ4n) is 1.03. The summed E-state index contributed by atoms with van der Waals surface area (Å²) in [7, 11) is 0. The molecule has 5 N–H and O–H groups in total. The monoisotopic (exact) mass is 236 g/mol. The summed E-state index contributed by atoms with van der Waals surface area (Å²) in [4.78, 5) is 0. The molecule has 0 unspecified atom stereocenters. The van der Waals surface area contributed by atoms with Gasteiger partial charge in [0, 0.05) is 0 Å². The minimum absolute atomic E-state index is 0. The van der Waals surface area contributed by atoms with Crippen molar-refractivity contribution < 1.29 is 47.3 Å². The zero-order valence-corrected chi connectivity index (χ0v) is 7.75. The average Bonchev–Trinajstić information content (AvgIpc) is 2.09. The Hall–Kier alpha value is 0.279. The number of aliphatic hydroxyl groups is 5. The molecule has 1 fully saturated rings. The Morgan fingerprint density at radius 1 is 1.31 bits per heavy atom. The molecule has 0 aromatic rings. The van der Waals surface area contributed by atoms with Gasteiger partial charge in [0.1, 0.15) is 18.3 Å². The molecule has 1 aliphatic rings. The molecule has 1 aliphatic heterocycles. The van der Waals surface area contributed by atoms with Crippen LogP contribution < -0.4 is 0 Å². The van der Waals surface area contributed by atoms with Gasteiger partial charge in [0.25, 0.3) is 0 Å². The van der Waals surface area contributed by atoms with E-state index in [1.807, 2.05) is 0 Å². The van der Waals surface area contributed by atoms with Crippen molar-refractivity contribution in [3.63, 3.8) is 0 Å². The minimum atomic E-state index is -2.17. The van der Waals surface area contributed by atoms with Gasteiger partial charge in [0.05, 0.1) is 13.2 Å². The third-order valence-corrected chi connectivity index (χ3v) is 1.91. The van der Waals surface area contributed by atoms with Gasteiger partial charge in [-0.3, -0.25) is 0 Å². The summed E-state index contributed by atoms with van der Waals surface area (Å²) in [6.45, 7) is -1.16.